The minimum atomic E-state index is -4.48. The first-order chi connectivity index (χ1) is 12.9. The Bertz CT molecular complexity index is 973. The molecule has 1 aliphatic heterocycles. The van der Waals surface area contributed by atoms with Gasteiger partial charge in [-0.25, -0.2) is 0 Å². The summed E-state index contributed by atoms with van der Waals surface area (Å²) in [6, 6.07) is 13.3. The molecule has 2 heterocycles. The molecule has 0 saturated heterocycles. The number of nitrogens with zero attached hydrogens (tertiary/aromatic N) is 4. The van der Waals surface area contributed by atoms with E-state index in [9.17, 15) is 13.2 Å². The number of para-hydroxylation sites is 2. The molecule has 0 bridgehead atoms. The van der Waals surface area contributed by atoms with Crippen LogP contribution in [0.15, 0.2) is 54.7 Å². The zero-order valence-electron chi connectivity index (χ0n) is 14.4. The van der Waals surface area contributed by atoms with Gasteiger partial charge < -0.3 is 10.2 Å². The standard InChI is InChI=1S/C19H16F3N5/c1-12-10-13-6-2-5-9-16(13)27(12)17-11-23-26-18(25-17)24-15-8-4-3-7-14(15)19(20,21)22/h2-9,11-12H,10H2,1H3,(H,24,25,26). The molecule has 1 atom stereocenters. The Balaban J connectivity index is 1.67. The normalized spacial score (nSPS) is 16.3. The lowest BCUT2D eigenvalue weighted by molar-refractivity contribution is -0.136. The van der Waals surface area contributed by atoms with Crippen LogP contribution in [0.5, 0.6) is 0 Å². The number of fused-ring (bicyclic) bond motifs is 1. The number of benzene rings is 2. The number of nitrogens with one attached hydrogen (secondary N) is 1. The zero-order valence-corrected chi connectivity index (χ0v) is 14.4. The summed E-state index contributed by atoms with van der Waals surface area (Å²) in [7, 11) is 0. The molecule has 3 aromatic rings. The van der Waals surface area contributed by atoms with Gasteiger partial charge in [-0.2, -0.15) is 23.3 Å². The van der Waals surface area contributed by atoms with Crippen molar-refractivity contribution in [2.24, 2.45) is 0 Å². The van der Waals surface area contributed by atoms with Crippen LogP contribution in [0, 0.1) is 0 Å². The predicted octanol–water partition coefficient (Wildman–Crippen LogP) is 4.72. The third-order valence-corrected chi connectivity index (χ3v) is 4.48. The minimum absolute atomic E-state index is 0.0146. The third kappa shape index (κ3) is 3.30. The first-order valence-electron chi connectivity index (χ1n) is 8.43. The van der Waals surface area contributed by atoms with Crippen molar-refractivity contribution in [2.75, 3.05) is 10.2 Å². The van der Waals surface area contributed by atoms with Crippen LogP contribution in [-0.2, 0) is 12.6 Å². The van der Waals surface area contributed by atoms with E-state index in [0.717, 1.165) is 18.2 Å². The first-order valence-corrected chi connectivity index (χ1v) is 8.43. The lowest BCUT2D eigenvalue weighted by Crippen LogP contribution is -2.25. The van der Waals surface area contributed by atoms with Gasteiger partial charge >= 0.3 is 6.18 Å². The van der Waals surface area contributed by atoms with Crippen LogP contribution >= 0.6 is 0 Å². The van der Waals surface area contributed by atoms with Gasteiger partial charge in [-0.05, 0) is 37.1 Å². The summed E-state index contributed by atoms with van der Waals surface area (Å²) in [5.41, 5.74) is 1.32. The Morgan fingerprint density at radius 2 is 1.81 bits per heavy atom. The van der Waals surface area contributed by atoms with Crippen molar-refractivity contribution < 1.29 is 13.2 Å². The molecule has 138 valence electrons. The molecule has 8 heteroatoms. The Labute approximate surface area is 153 Å². The van der Waals surface area contributed by atoms with E-state index in [0.29, 0.717) is 5.82 Å². The van der Waals surface area contributed by atoms with Gasteiger partial charge in [0.25, 0.3) is 0 Å². The SMILES string of the molecule is CC1Cc2ccccc2N1c1cnnc(Nc2ccccc2C(F)(F)F)n1. The quantitative estimate of drug-likeness (QED) is 0.722. The van der Waals surface area contributed by atoms with Gasteiger partial charge in [0.2, 0.25) is 5.95 Å². The van der Waals surface area contributed by atoms with E-state index in [-0.39, 0.29) is 17.7 Å². The monoisotopic (exact) mass is 371 g/mol. The summed E-state index contributed by atoms with van der Waals surface area (Å²) in [4.78, 5) is 6.42. The van der Waals surface area contributed by atoms with Crippen LogP contribution in [0.3, 0.4) is 0 Å². The van der Waals surface area contributed by atoms with Gasteiger partial charge in [-0.15, -0.1) is 5.10 Å². The summed E-state index contributed by atoms with van der Waals surface area (Å²) in [6.45, 7) is 2.06. The first kappa shape index (κ1) is 17.3. The van der Waals surface area contributed by atoms with E-state index in [4.69, 9.17) is 0 Å². The number of aromatic nitrogens is 3. The van der Waals surface area contributed by atoms with Gasteiger partial charge in [0.05, 0.1) is 17.4 Å². The number of hydrogen-bond donors (Lipinski definition) is 1. The minimum Gasteiger partial charge on any atom is -0.322 e. The molecule has 4 rings (SSSR count). The molecular formula is C19H16F3N5. The maximum Gasteiger partial charge on any atom is 0.418 e. The number of halogens is 3. The molecule has 1 aliphatic rings. The predicted molar refractivity (Wildman–Crippen MR) is 96.3 cm³/mol. The van der Waals surface area contributed by atoms with Crippen molar-refractivity contribution in [1.29, 1.82) is 0 Å². The van der Waals surface area contributed by atoms with Crippen LogP contribution in [0.2, 0.25) is 0 Å². The van der Waals surface area contributed by atoms with E-state index in [1.165, 1.54) is 30.0 Å². The molecule has 2 aromatic carbocycles. The number of hydrogen-bond acceptors (Lipinski definition) is 5. The fourth-order valence-corrected chi connectivity index (χ4v) is 3.34. The average molecular weight is 371 g/mol. The lowest BCUT2D eigenvalue weighted by atomic mass is 10.1. The molecule has 0 aliphatic carbocycles. The zero-order chi connectivity index (χ0) is 19.0. The molecular weight excluding hydrogens is 355 g/mol. The number of rotatable bonds is 3. The van der Waals surface area contributed by atoms with Crippen molar-refractivity contribution >= 4 is 23.1 Å². The highest BCUT2D eigenvalue weighted by Crippen LogP contribution is 2.38. The van der Waals surface area contributed by atoms with Crippen molar-refractivity contribution in [3.63, 3.8) is 0 Å². The highest BCUT2D eigenvalue weighted by molar-refractivity contribution is 5.69. The molecule has 0 saturated carbocycles. The molecule has 1 unspecified atom stereocenters. The smallest absolute Gasteiger partial charge is 0.322 e. The van der Waals surface area contributed by atoms with Crippen LogP contribution in [-0.4, -0.2) is 21.2 Å². The van der Waals surface area contributed by atoms with Crippen LogP contribution < -0.4 is 10.2 Å². The molecule has 0 radical (unpaired) electrons. The molecule has 0 amide bonds. The second-order valence-corrected chi connectivity index (χ2v) is 6.36. The van der Waals surface area contributed by atoms with Crippen molar-refractivity contribution in [2.45, 2.75) is 25.6 Å². The fourth-order valence-electron chi connectivity index (χ4n) is 3.34. The molecule has 27 heavy (non-hydrogen) atoms. The van der Waals surface area contributed by atoms with E-state index < -0.39 is 11.7 Å². The summed E-state index contributed by atoms with van der Waals surface area (Å²) in [5.74, 6) is 0.551. The maximum atomic E-state index is 13.2. The van der Waals surface area contributed by atoms with Gasteiger partial charge in [0.15, 0.2) is 5.82 Å². The van der Waals surface area contributed by atoms with Crippen LogP contribution in [0.1, 0.15) is 18.1 Å². The number of alkyl halides is 3. The van der Waals surface area contributed by atoms with E-state index in [2.05, 4.69) is 33.5 Å². The summed E-state index contributed by atoms with van der Waals surface area (Å²) in [6.07, 6.45) is -2.10. The Morgan fingerprint density at radius 3 is 2.63 bits per heavy atom. The average Bonchev–Trinajstić information content (AvgIpc) is 2.97. The van der Waals surface area contributed by atoms with E-state index in [1.807, 2.05) is 23.1 Å². The largest absolute Gasteiger partial charge is 0.418 e. The van der Waals surface area contributed by atoms with Crippen molar-refractivity contribution in [3.8, 4) is 0 Å². The van der Waals surface area contributed by atoms with Gasteiger partial charge in [0.1, 0.15) is 0 Å². The Morgan fingerprint density at radius 1 is 1.07 bits per heavy atom. The third-order valence-electron chi connectivity index (χ3n) is 4.48. The summed E-state index contributed by atoms with van der Waals surface area (Å²) in [5, 5.41) is 10.4. The fraction of sp³-hybridized carbons (Fsp3) is 0.211. The molecule has 1 N–H and O–H groups in total. The number of anilines is 4. The second kappa shape index (κ2) is 6.53. The topological polar surface area (TPSA) is 53.9 Å². The Kier molecular flexibility index (Phi) is 4.18. The molecule has 1 aromatic heterocycles. The summed E-state index contributed by atoms with van der Waals surface area (Å²) < 4.78 is 39.6. The molecule has 0 fully saturated rings. The second-order valence-electron chi connectivity index (χ2n) is 6.36. The van der Waals surface area contributed by atoms with E-state index in [1.54, 1.807) is 0 Å². The highest BCUT2D eigenvalue weighted by atomic mass is 19.4. The lowest BCUT2D eigenvalue weighted by Gasteiger charge is -2.23. The maximum absolute atomic E-state index is 13.2. The highest BCUT2D eigenvalue weighted by Gasteiger charge is 2.33. The van der Waals surface area contributed by atoms with E-state index >= 15 is 0 Å². The van der Waals surface area contributed by atoms with Crippen LogP contribution in [0.25, 0.3) is 0 Å². The van der Waals surface area contributed by atoms with Gasteiger partial charge in [-0.1, -0.05) is 30.3 Å². The van der Waals surface area contributed by atoms with Gasteiger partial charge in [-0.3, -0.25) is 0 Å². The van der Waals surface area contributed by atoms with Gasteiger partial charge in [0, 0.05) is 11.7 Å². The molecule has 5 nitrogen and oxygen atoms in total. The van der Waals surface area contributed by atoms with Crippen LogP contribution in [0.4, 0.5) is 36.3 Å². The summed E-state index contributed by atoms with van der Waals surface area (Å²) >= 11 is 0. The Hall–Kier alpha value is -3.16. The molecule has 0 spiro atoms. The van der Waals surface area contributed by atoms with Crippen molar-refractivity contribution in [3.05, 3.63) is 65.9 Å². The van der Waals surface area contributed by atoms with Crippen molar-refractivity contribution in [1.82, 2.24) is 15.2 Å².